The Morgan fingerprint density at radius 2 is 2.08 bits per heavy atom. The van der Waals surface area contributed by atoms with Gasteiger partial charge in [-0.25, -0.2) is 4.99 Å². The lowest BCUT2D eigenvalue weighted by Gasteiger charge is -2.08. The Labute approximate surface area is 160 Å². The van der Waals surface area contributed by atoms with Gasteiger partial charge in [0.1, 0.15) is 5.75 Å². The van der Waals surface area contributed by atoms with Gasteiger partial charge >= 0.3 is 0 Å². The summed E-state index contributed by atoms with van der Waals surface area (Å²) in [6, 6.07) is 7.58. The zero-order valence-corrected chi connectivity index (χ0v) is 17.0. The molecule has 0 bridgehead atoms. The van der Waals surface area contributed by atoms with E-state index >= 15 is 0 Å². The minimum Gasteiger partial charge on any atom is -0.497 e. The Balaban J connectivity index is 0.00000288. The number of halogens is 1. The maximum absolute atomic E-state index is 6.01. The molecule has 0 aliphatic rings. The fourth-order valence-corrected chi connectivity index (χ4v) is 2.62. The maximum atomic E-state index is 6.01. The summed E-state index contributed by atoms with van der Waals surface area (Å²) in [4.78, 5) is 4.46. The largest absolute Gasteiger partial charge is 0.497 e. The molecule has 0 aliphatic carbocycles. The van der Waals surface area contributed by atoms with E-state index in [9.17, 15) is 0 Å². The number of aryl methyl sites for hydroxylation is 2. The normalized spacial score (nSPS) is 11.1. The Morgan fingerprint density at radius 3 is 2.71 bits per heavy atom. The Kier molecular flexibility index (Phi) is 8.03. The minimum absolute atomic E-state index is 0. The van der Waals surface area contributed by atoms with Gasteiger partial charge in [0.2, 0.25) is 0 Å². The molecular formula is C17H26IN5O. The Hall–Kier alpha value is -1.77. The molecule has 0 radical (unpaired) electrons. The number of aliphatic imine (C=N–C) groups is 1. The first-order chi connectivity index (χ1) is 11.1. The highest BCUT2D eigenvalue weighted by molar-refractivity contribution is 14.0. The molecular weight excluding hydrogens is 417 g/mol. The van der Waals surface area contributed by atoms with Crippen LogP contribution in [0.5, 0.6) is 5.75 Å². The highest BCUT2D eigenvalue weighted by Gasteiger charge is 2.13. The topological polar surface area (TPSA) is 77.5 Å². The average molecular weight is 443 g/mol. The fourth-order valence-electron chi connectivity index (χ4n) is 2.62. The third-order valence-electron chi connectivity index (χ3n) is 3.78. The quantitative estimate of drug-likeness (QED) is 0.409. The van der Waals surface area contributed by atoms with Crippen molar-refractivity contribution in [3.63, 3.8) is 0 Å². The smallest absolute Gasteiger partial charge is 0.193 e. The molecule has 0 spiro atoms. The average Bonchev–Trinajstić information content (AvgIpc) is 2.87. The third kappa shape index (κ3) is 4.86. The summed E-state index contributed by atoms with van der Waals surface area (Å²) in [5.41, 5.74) is 10.3. The second kappa shape index (κ2) is 9.51. The van der Waals surface area contributed by atoms with Gasteiger partial charge in [-0.05, 0) is 25.0 Å². The molecule has 2 aromatic rings. The highest BCUT2D eigenvalue weighted by Crippen LogP contribution is 2.18. The van der Waals surface area contributed by atoms with Crippen LogP contribution in [-0.4, -0.2) is 22.8 Å². The van der Waals surface area contributed by atoms with Crippen LogP contribution in [0.1, 0.15) is 30.8 Å². The van der Waals surface area contributed by atoms with E-state index in [1.54, 1.807) is 7.11 Å². The fraction of sp³-hybridized carbons (Fsp3) is 0.412. The molecule has 24 heavy (non-hydrogen) atoms. The van der Waals surface area contributed by atoms with Gasteiger partial charge in [0.05, 0.1) is 19.3 Å². The minimum atomic E-state index is 0. The number of hydrogen-bond acceptors (Lipinski definition) is 3. The Morgan fingerprint density at radius 1 is 1.33 bits per heavy atom. The molecule has 0 amide bonds. The molecule has 0 aliphatic heterocycles. The standard InChI is InChI=1S/C17H25N5O.HI/c1-5-15-14(16(6-2)22(3)21-15)11-19-17(18)20-12-8-7-9-13(10-12)23-4;/h7-10H,5-6,11H2,1-4H3,(H3,18,19,20);1H. The summed E-state index contributed by atoms with van der Waals surface area (Å²) in [6.45, 7) is 4.76. The van der Waals surface area contributed by atoms with Crippen LogP contribution < -0.4 is 15.8 Å². The number of nitrogens with zero attached hydrogens (tertiary/aromatic N) is 3. The van der Waals surface area contributed by atoms with Crippen molar-refractivity contribution in [3.8, 4) is 5.75 Å². The van der Waals surface area contributed by atoms with Crippen LogP contribution in [0.3, 0.4) is 0 Å². The summed E-state index contributed by atoms with van der Waals surface area (Å²) < 4.78 is 7.14. The van der Waals surface area contributed by atoms with E-state index in [0.29, 0.717) is 12.5 Å². The number of nitrogens with two attached hydrogens (primary N) is 1. The second-order valence-electron chi connectivity index (χ2n) is 5.26. The molecule has 0 saturated heterocycles. The molecule has 0 unspecified atom stereocenters. The molecule has 1 heterocycles. The number of ether oxygens (including phenoxy) is 1. The van der Waals surface area contributed by atoms with E-state index in [4.69, 9.17) is 10.5 Å². The van der Waals surface area contributed by atoms with Crippen molar-refractivity contribution in [2.45, 2.75) is 33.2 Å². The van der Waals surface area contributed by atoms with Crippen LogP contribution in [0.15, 0.2) is 29.3 Å². The van der Waals surface area contributed by atoms with Gasteiger partial charge in [0, 0.05) is 30.1 Å². The number of aromatic nitrogens is 2. The maximum Gasteiger partial charge on any atom is 0.193 e. The van der Waals surface area contributed by atoms with Crippen molar-refractivity contribution >= 4 is 35.6 Å². The van der Waals surface area contributed by atoms with Gasteiger partial charge < -0.3 is 15.8 Å². The first-order valence-electron chi connectivity index (χ1n) is 7.83. The van der Waals surface area contributed by atoms with Crippen molar-refractivity contribution < 1.29 is 4.74 Å². The number of methoxy groups -OCH3 is 1. The third-order valence-corrected chi connectivity index (χ3v) is 3.78. The molecule has 7 heteroatoms. The monoisotopic (exact) mass is 443 g/mol. The van der Waals surface area contributed by atoms with E-state index in [1.807, 2.05) is 36.0 Å². The van der Waals surface area contributed by atoms with Crippen LogP contribution in [-0.2, 0) is 26.4 Å². The summed E-state index contributed by atoms with van der Waals surface area (Å²) in [7, 11) is 3.61. The number of anilines is 1. The van der Waals surface area contributed by atoms with Gasteiger partial charge in [0.25, 0.3) is 0 Å². The van der Waals surface area contributed by atoms with Crippen molar-refractivity contribution in [1.82, 2.24) is 9.78 Å². The second-order valence-corrected chi connectivity index (χ2v) is 5.26. The van der Waals surface area contributed by atoms with Gasteiger partial charge in [-0.15, -0.1) is 24.0 Å². The van der Waals surface area contributed by atoms with E-state index < -0.39 is 0 Å². The summed E-state index contributed by atoms with van der Waals surface area (Å²) >= 11 is 0. The number of hydrogen-bond donors (Lipinski definition) is 2. The molecule has 1 aromatic carbocycles. The van der Waals surface area contributed by atoms with E-state index in [-0.39, 0.29) is 24.0 Å². The molecule has 2 rings (SSSR count). The lowest BCUT2D eigenvalue weighted by Crippen LogP contribution is -2.22. The van der Waals surface area contributed by atoms with Gasteiger partial charge in [-0.2, -0.15) is 5.10 Å². The summed E-state index contributed by atoms with van der Waals surface area (Å²) in [6.07, 6.45) is 1.82. The molecule has 3 N–H and O–H groups in total. The van der Waals surface area contributed by atoms with Crippen LogP contribution in [0.2, 0.25) is 0 Å². The van der Waals surface area contributed by atoms with Gasteiger partial charge in [-0.1, -0.05) is 19.9 Å². The molecule has 0 fully saturated rings. The molecule has 0 atom stereocenters. The van der Waals surface area contributed by atoms with E-state index in [1.165, 1.54) is 11.3 Å². The van der Waals surface area contributed by atoms with Crippen molar-refractivity contribution in [2.24, 2.45) is 17.8 Å². The van der Waals surface area contributed by atoms with Crippen molar-refractivity contribution in [2.75, 3.05) is 12.4 Å². The number of rotatable bonds is 6. The van der Waals surface area contributed by atoms with Crippen LogP contribution in [0.25, 0.3) is 0 Å². The van der Waals surface area contributed by atoms with Crippen molar-refractivity contribution in [3.05, 3.63) is 41.2 Å². The Bertz CT molecular complexity index is 696. The lowest BCUT2D eigenvalue weighted by atomic mass is 10.1. The van der Waals surface area contributed by atoms with E-state index in [2.05, 4.69) is 29.3 Å². The first-order valence-corrected chi connectivity index (χ1v) is 7.83. The van der Waals surface area contributed by atoms with Gasteiger partial charge in [-0.3, -0.25) is 4.68 Å². The molecule has 0 saturated carbocycles. The zero-order chi connectivity index (χ0) is 16.8. The first kappa shape index (κ1) is 20.3. The number of nitrogens with one attached hydrogen (secondary N) is 1. The van der Waals surface area contributed by atoms with Gasteiger partial charge in [0.15, 0.2) is 5.96 Å². The lowest BCUT2D eigenvalue weighted by molar-refractivity contribution is 0.415. The predicted octanol–water partition coefficient (Wildman–Crippen LogP) is 3.10. The van der Waals surface area contributed by atoms with E-state index in [0.717, 1.165) is 30.0 Å². The zero-order valence-electron chi connectivity index (χ0n) is 14.7. The summed E-state index contributed by atoms with van der Waals surface area (Å²) in [5.74, 6) is 1.16. The van der Waals surface area contributed by atoms with Crippen LogP contribution in [0, 0.1) is 0 Å². The number of guanidine groups is 1. The predicted molar refractivity (Wildman–Crippen MR) is 109 cm³/mol. The SMILES string of the molecule is CCc1nn(C)c(CC)c1CN=C(N)Nc1cccc(OC)c1.I. The molecule has 132 valence electrons. The number of benzene rings is 1. The van der Waals surface area contributed by atoms with Crippen LogP contribution in [0.4, 0.5) is 5.69 Å². The molecule has 1 aromatic heterocycles. The van der Waals surface area contributed by atoms with Crippen molar-refractivity contribution in [1.29, 1.82) is 0 Å². The molecule has 6 nitrogen and oxygen atoms in total. The van der Waals surface area contributed by atoms with Crippen LogP contribution >= 0.6 is 24.0 Å². The summed E-state index contributed by atoms with van der Waals surface area (Å²) in [5, 5.41) is 7.64. The highest BCUT2D eigenvalue weighted by atomic mass is 127.